The maximum atomic E-state index is 11.7. The van der Waals surface area contributed by atoms with Gasteiger partial charge >= 0.3 is 0 Å². The molecule has 10 nitrogen and oxygen atoms in total. The van der Waals surface area contributed by atoms with Crippen molar-refractivity contribution >= 4 is 45.5 Å². The number of aromatic nitrogens is 1. The zero-order chi connectivity index (χ0) is 23.2. The van der Waals surface area contributed by atoms with Gasteiger partial charge in [0.25, 0.3) is 11.4 Å². The summed E-state index contributed by atoms with van der Waals surface area (Å²) < 4.78 is 0. The van der Waals surface area contributed by atoms with E-state index in [1.807, 2.05) is 42.5 Å². The number of hydrogen-bond acceptors (Lipinski definition) is 8. The predicted molar refractivity (Wildman–Crippen MR) is 127 cm³/mol. The molecule has 3 aromatic carbocycles. The number of nitro groups is 2. The zero-order valence-corrected chi connectivity index (χ0v) is 17.1. The summed E-state index contributed by atoms with van der Waals surface area (Å²) in [6.45, 7) is 0. The van der Waals surface area contributed by atoms with Crippen molar-refractivity contribution in [3.8, 4) is 0 Å². The Morgan fingerprint density at radius 1 is 0.606 bits per heavy atom. The molecule has 3 N–H and O–H groups in total. The van der Waals surface area contributed by atoms with Gasteiger partial charge in [0.1, 0.15) is 11.4 Å². The first-order valence-corrected chi connectivity index (χ1v) is 9.83. The van der Waals surface area contributed by atoms with Crippen molar-refractivity contribution < 1.29 is 9.85 Å². The number of pyridine rings is 1. The molecule has 10 heteroatoms. The molecule has 0 aliphatic heterocycles. The number of nitrogens with zero attached hydrogens (tertiary/aromatic N) is 3. The summed E-state index contributed by atoms with van der Waals surface area (Å²) in [7, 11) is 0. The van der Waals surface area contributed by atoms with E-state index in [1.54, 1.807) is 30.5 Å². The Labute approximate surface area is 188 Å². The van der Waals surface area contributed by atoms with E-state index in [1.165, 1.54) is 12.3 Å². The van der Waals surface area contributed by atoms with Gasteiger partial charge in [0.15, 0.2) is 0 Å². The Kier molecular flexibility index (Phi) is 6.08. The van der Waals surface area contributed by atoms with Crippen LogP contribution in [0.1, 0.15) is 0 Å². The molecular weight excluding hydrogens is 424 g/mol. The molecule has 1 heterocycles. The lowest BCUT2D eigenvalue weighted by Crippen LogP contribution is -2.04. The molecule has 0 radical (unpaired) electrons. The number of benzene rings is 3. The lowest BCUT2D eigenvalue weighted by atomic mass is 10.1. The van der Waals surface area contributed by atoms with Gasteiger partial charge in [-0.25, -0.2) is 0 Å². The molecular formula is C23H18N6O4. The van der Waals surface area contributed by atoms with Crippen LogP contribution in [0.4, 0.5) is 45.5 Å². The first kappa shape index (κ1) is 21.2. The topological polar surface area (TPSA) is 135 Å². The first-order valence-electron chi connectivity index (χ1n) is 9.83. The molecule has 33 heavy (non-hydrogen) atoms. The summed E-state index contributed by atoms with van der Waals surface area (Å²) in [5.74, 6) is 0. The van der Waals surface area contributed by atoms with Gasteiger partial charge in [0, 0.05) is 11.9 Å². The van der Waals surface area contributed by atoms with E-state index in [4.69, 9.17) is 0 Å². The van der Waals surface area contributed by atoms with Crippen LogP contribution in [0.5, 0.6) is 0 Å². The van der Waals surface area contributed by atoms with Crippen LogP contribution in [-0.2, 0) is 0 Å². The lowest BCUT2D eigenvalue weighted by Gasteiger charge is -2.15. The highest BCUT2D eigenvalue weighted by molar-refractivity contribution is 5.85. The smallest absolute Gasteiger partial charge is 0.299 e. The Morgan fingerprint density at radius 3 is 1.76 bits per heavy atom. The highest BCUT2D eigenvalue weighted by atomic mass is 16.6. The molecule has 0 bridgehead atoms. The van der Waals surface area contributed by atoms with Crippen LogP contribution >= 0.6 is 0 Å². The van der Waals surface area contributed by atoms with Gasteiger partial charge in [0.05, 0.1) is 39.2 Å². The Morgan fingerprint density at radius 2 is 1.15 bits per heavy atom. The molecule has 164 valence electrons. The average molecular weight is 442 g/mol. The van der Waals surface area contributed by atoms with Gasteiger partial charge in [-0.05, 0) is 42.5 Å². The highest BCUT2D eigenvalue weighted by Crippen LogP contribution is 2.40. The Hall–Kier alpha value is -4.99. The molecule has 0 saturated carbocycles. The largest absolute Gasteiger partial charge is 0.354 e. The molecule has 0 unspecified atom stereocenters. The summed E-state index contributed by atoms with van der Waals surface area (Å²) in [6, 6.07) is 22.3. The molecule has 0 fully saturated rings. The minimum Gasteiger partial charge on any atom is -0.354 e. The van der Waals surface area contributed by atoms with E-state index < -0.39 is 21.2 Å². The first-order chi connectivity index (χ1) is 16.0. The second kappa shape index (κ2) is 9.43. The molecule has 4 rings (SSSR count). The van der Waals surface area contributed by atoms with Gasteiger partial charge < -0.3 is 16.0 Å². The molecule has 0 saturated heterocycles. The number of para-hydroxylation sites is 3. The third kappa shape index (κ3) is 5.02. The van der Waals surface area contributed by atoms with E-state index in [-0.39, 0.29) is 11.4 Å². The fourth-order valence-electron chi connectivity index (χ4n) is 3.19. The summed E-state index contributed by atoms with van der Waals surface area (Å²) in [5, 5.41) is 32.6. The fourth-order valence-corrected chi connectivity index (χ4v) is 3.19. The number of nitro benzene ring substituents is 2. The van der Waals surface area contributed by atoms with Crippen molar-refractivity contribution in [2.24, 2.45) is 0 Å². The molecule has 0 aliphatic rings. The minimum absolute atomic E-state index is 0.0922. The molecule has 0 amide bonds. The Bertz CT molecular complexity index is 1300. The van der Waals surface area contributed by atoms with Crippen LogP contribution in [0.3, 0.4) is 0 Å². The molecule has 1 aromatic heterocycles. The van der Waals surface area contributed by atoms with Crippen molar-refractivity contribution in [1.29, 1.82) is 0 Å². The van der Waals surface area contributed by atoms with Gasteiger partial charge in [-0.15, -0.1) is 0 Å². The Balaban J connectivity index is 1.75. The standard InChI is InChI=1S/C23H18N6O4/c30-28(31)22-14-23(29(32)33)21(13-20(22)26-17-9-6-12-24-15-17)27-19-11-5-4-10-18(19)25-16-7-2-1-3-8-16/h1-15,25-27H. The van der Waals surface area contributed by atoms with Crippen LogP contribution in [-0.4, -0.2) is 14.8 Å². The van der Waals surface area contributed by atoms with E-state index in [9.17, 15) is 20.2 Å². The van der Waals surface area contributed by atoms with Gasteiger partial charge in [-0.2, -0.15) is 0 Å². The molecule has 0 spiro atoms. The minimum atomic E-state index is -0.666. The second-order valence-electron chi connectivity index (χ2n) is 6.93. The second-order valence-corrected chi connectivity index (χ2v) is 6.93. The monoisotopic (exact) mass is 442 g/mol. The molecule has 0 aliphatic carbocycles. The SMILES string of the molecule is O=[N+]([O-])c1cc([N+](=O)[O-])c(Nc2ccccc2Nc2ccccc2)cc1Nc1cccnc1. The number of hydrogen-bond donors (Lipinski definition) is 3. The van der Waals surface area contributed by atoms with Gasteiger partial charge in [-0.1, -0.05) is 30.3 Å². The quantitative estimate of drug-likeness (QED) is 0.219. The number of rotatable bonds is 8. The summed E-state index contributed by atoms with van der Waals surface area (Å²) >= 11 is 0. The summed E-state index contributed by atoms with van der Waals surface area (Å²) in [5.41, 5.74) is 1.92. The zero-order valence-electron chi connectivity index (χ0n) is 17.1. The van der Waals surface area contributed by atoms with Crippen molar-refractivity contribution in [2.45, 2.75) is 0 Å². The van der Waals surface area contributed by atoms with Gasteiger partial charge in [0.2, 0.25) is 0 Å². The van der Waals surface area contributed by atoms with Crippen molar-refractivity contribution in [3.63, 3.8) is 0 Å². The normalized spacial score (nSPS) is 10.3. The summed E-state index contributed by atoms with van der Waals surface area (Å²) in [4.78, 5) is 26.0. The van der Waals surface area contributed by atoms with Crippen molar-refractivity contribution in [1.82, 2.24) is 4.98 Å². The van der Waals surface area contributed by atoms with Crippen LogP contribution in [0.2, 0.25) is 0 Å². The van der Waals surface area contributed by atoms with Crippen LogP contribution in [0, 0.1) is 20.2 Å². The van der Waals surface area contributed by atoms with Gasteiger partial charge in [-0.3, -0.25) is 25.2 Å². The molecule has 4 aromatic rings. The van der Waals surface area contributed by atoms with Crippen LogP contribution in [0.25, 0.3) is 0 Å². The lowest BCUT2D eigenvalue weighted by molar-refractivity contribution is -0.393. The van der Waals surface area contributed by atoms with E-state index in [0.29, 0.717) is 17.1 Å². The number of anilines is 6. The third-order valence-electron chi connectivity index (χ3n) is 4.70. The molecule has 0 atom stereocenters. The maximum absolute atomic E-state index is 11.7. The van der Waals surface area contributed by atoms with E-state index in [0.717, 1.165) is 11.8 Å². The van der Waals surface area contributed by atoms with Crippen LogP contribution in [0.15, 0.2) is 91.3 Å². The van der Waals surface area contributed by atoms with Crippen LogP contribution < -0.4 is 16.0 Å². The average Bonchev–Trinajstić information content (AvgIpc) is 2.81. The predicted octanol–water partition coefficient (Wildman–Crippen LogP) is 6.13. The maximum Gasteiger partial charge on any atom is 0.299 e. The number of nitrogens with one attached hydrogen (secondary N) is 3. The van der Waals surface area contributed by atoms with Crippen molar-refractivity contribution in [3.05, 3.63) is 111 Å². The highest BCUT2D eigenvalue weighted by Gasteiger charge is 2.25. The van der Waals surface area contributed by atoms with Crippen molar-refractivity contribution in [2.75, 3.05) is 16.0 Å². The van der Waals surface area contributed by atoms with E-state index >= 15 is 0 Å². The fraction of sp³-hybridized carbons (Fsp3) is 0. The third-order valence-corrected chi connectivity index (χ3v) is 4.70. The summed E-state index contributed by atoms with van der Waals surface area (Å²) in [6.07, 6.45) is 3.07. The van der Waals surface area contributed by atoms with E-state index in [2.05, 4.69) is 20.9 Å².